The predicted molar refractivity (Wildman–Crippen MR) is 94.4 cm³/mol. The Bertz CT molecular complexity index is 891. The van der Waals surface area contributed by atoms with Crippen LogP contribution in [-0.4, -0.2) is 45.3 Å². The Morgan fingerprint density at radius 3 is 2.78 bits per heavy atom. The average Bonchev–Trinajstić information content (AvgIpc) is 2.66. The summed E-state index contributed by atoms with van der Waals surface area (Å²) in [4.78, 5) is 20.6. The zero-order chi connectivity index (χ0) is 19.4. The molecule has 1 aromatic heterocycles. The lowest BCUT2D eigenvalue weighted by atomic mass is 10.1. The zero-order valence-corrected chi connectivity index (χ0v) is 14.6. The van der Waals surface area contributed by atoms with Gasteiger partial charge in [-0.3, -0.25) is 0 Å². The lowest BCUT2D eigenvalue weighted by Gasteiger charge is -2.30. The van der Waals surface area contributed by atoms with Crippen LogP contribution in [0.3, 0.4) is 0 Å². The van der Waals surface area contributed by atoms with Gasteiger partial charge in [0.25, 0.3) is 0 Å². The maximum atomic E-state index is 14.1. The molecule has 2 heterocycles. The number of carboxylic acid groups (broad SMARTS) is 1. The van der Waals surface area contributed by atoms with Gasteiger partial charge < -0.3 is 20.1 Å². The number of halogens is 1. The number of likely N-dealkylation sites (tertiary alicyclic amines) is 1. The number of hydrogen-bond donors (Lipinski definition) is 2. The third-order valence-corrected chi connectivity index (χ3v) is 4.38. The van der Waals surface area contributed by atoms with Crippen molar-refractivity contribution >= 4 is 17.6 Å². The van der Waals surface area contributed by atoms with Gasteiger partial charge in [-0.05, 0) is 25.1 Å². The van der Waals surface area contributed by atoms with E-state index in [2.05, 4.69) is 15.3 Å². The molecule has 1 aromatic carbocycles. The summed E-state index contributed by atoms with van der Waals surface area (Å²) in [6.45, 7) is 2.57. The second kappa shape index (κ2) is 7.86. The SMILES string of the molecule is Cc1c(Nc2ccc(C#N)cc2F)ncnc1OC1CCN(C(=O)O)CC1. The van der Waals surface area contributed by atoms with E-state index in [4.69, 9.17) is 15.1 Å². The van der Waals surface area contributed by atoms with E-state index in [1.165, 1.54) is 23.4 Å². The number of benzene rings is 1. The number of hydrogen-bond acceptors (Lipinski definition) is 6. The summed E-state index contributed by atoms with van der Waals surface area (Å²) in [5.41, 5.74) is 1.03. The van der Waals surface area contributed by atoms with E-state index in [1.54, 1.807) is 6.92 Å². The third kappa shape index (κ3) is 4.23. The van der Waals surface area contributed by atoms with E-state index in [1.807, 2.05) is 6.07 Å². The van der Waals surface area contributed by atoms with Crippen molar-refractivity contribution in [2.24, 2.45) is 0 Å². The highest BCUT2D eigenvalue weighted by Crippen LogP contribution is 2.27. The molecule has 0 bridgehead atoms. The van der Waals surface area contributed by atoms with E-state index in [0.29, 0.717) is 43.2 Å². The number of anilines is 2. The molecule has 1 saturated heterocycles. The summed E-state index contributed by atoms with van der Waals surface area (Å²) >= 11 is 0. The van der Waals surface area contributed by atoms with Gasteiger partial charge in [0, 0.05) is 25.9 Å². The summed E-state index contributed by atoms with van der Waals surface area (Å²) in [7, 11) is 0. The molecule has 27 heavy (non-hydrogen) atoms. The Labute approximate surface area is 155 Å². The van der Waals surface area contributed by atoms with E-state index in [9.17, 15) is 9.18 Å². The second-order valence-electron chi connectivity index (χ2n) is 6.17. The van der Waals surface area contributed by atoms with Crippen LogP contribution >= 0.6 is 0 Å². The first-order valence-electron chi connectivity index (χ1n) is 8.40. The molecule has 2 aromatic rings. The van der Waals surface area contributed by atoms with Gasteiger partial charge in [0.2, 0.25) is 5.88 Å². The monoisotopic (exact) mass is 371 g/mol. The van der Waals surface area contributed by atoms with Gasteiger partial charge in [-0.2, -0.15) is 5.26 Å². The number of carbonyl (C=O) groups is 1. The molecule has 1 amide bonds. The van der Waals surface area contributed by atoms with Crippen LogP contribution in [0, 0.1) is 24.1 Å². The summed E-state index contributed by atoms with van der Waals surface area (Å²) in [6.07, 6.45) is 1.39. The molecule has 3 rings (SSSR count). The number of ether oxygens (including phenoxy) is 1. The van der Waals surface area contributed by atoms with Crippen LogP contribution < -0.4 is 10.1 Å². The number of nitrogens with one attached hydrogen (secondary N) is 1. The lowest BCUT2D eigenvalue weighted by molar-refractivity contribution is 0.0866. The van der Waals surface area contributed by atoms with Crippen molar-refractivity contribution < 1.29 is 19.0 Å². The molecule has 1 aliphatic rings. The number of aromatic nitrogens is 2. The highest BCUT2D eigenvalue weighted by Gasteiger charge is 2.24. The van der Waals surface area contributed by atoms with Crippen molar-refractivity contribution in [2.45, 2.75) is 25.9 Å². The van der Waals surface area contributed by atoms with Crippen molar-refractivity contribution in [2.75, 3.05) is 18.4 Å². The second-order valence-corrected chi connectivity index (χ2v) is 6.17. The quantitative estimate of drug-likeness (QED) is 0.849. The molecule has 0 unspecified atom stereocenters. The normalized spacial score (nSPS) is 14.5. The Balaban J connectivity index is 1.71. The van der Waals surface area contributed by atoms with Gasteiger partial charge in [-0.15, -0.1) is 0 Å². The summed E-state index contributed by atoms with van der Waals surface area (Å²) in [5.74, 6) is 0.206. The summed E-state index contributed by atoms with van der Waals surface area (Å²) in [5, 5.41) is 20.7. The largest absolute Gasteiger partial charge is 0.474 e. The molecule has 0 saturated carbocycles. The fourth-order valence-electron chi connectivity index (χ4n) is 2.82. The topological polar surface area (TPSA) is 111 Å². The van der Waals surface area contributed by atoms with Gasteiger partial charge in [0.1, 0.15) is 24.1 Å². The van der Waals surface area contributed by atoms with Gasteiger partial charge in [0.15, 0.2) is 0 Å². The molecule has 1 fully saturated rings. The number of amides is 1. The number of nitrogens with zero attached hydrogens (tertiary/aromatic N) is 4. The average molecular weight is 371 g/mol. The molecule has 140 valence electrons. The molecule has 0 radical (unpaired) electrons. The van der Waals surface area contributed by atoms with Gasteiger partial charge in [-0.25, -0.2) is 19.2 Å². The van der Waals surface area contributed by atoms with Crippen LogP contribution in [0.4, 0.5) is 20.7 Å². The Morgan fingerprint density at radius 2 is 2.15 bits per heavy atom. The lowest BCUT2D eigenvalue weighted by Crippen LogP contribution is -2.41. The molecule has 0 atom stereocenters. The summed E-state index contributed by atoms with van der Waals surface area (Å²) < 4.78 is 20.0. The smallest absolute Gasteiger partial charge is 0.407 e. The van der Waals surface area contributed by atoms with Crippen LogP contribution in [0.1, 0.15) is 24.0 Å². The van der Waals surface area contributed by atoms with E-state index in [-0.39, 0.29) is 17.4 Å². The van der Waals surface area contributed by atoms with Crippen molar-refractivity contribution in [3.63, 3.8) is 0 Å². The molecule has 0 aliphatic carbocycles. The van der Waals surface area contributed by atoms with Gasteiger partial charge in [0.05, 0.1) is 22.9 Å². The Kier molecular flexibility index (Phi) is 5.35. The molecule has 0 spiro atoms. The Hall–Kier alpha value is -3.41. The first-order chi connectivity index (χ1) is 13.0. The molecule has 1 aliphatic heterocycles. The predicted octanol–water partition coefficient (Wildman–Crippen LogP) is 3.06. The Morgan fingerprint density at radius 1 is 1.41 bits per heavy atom. The number of piperidine rings is 1. The van der Waals surface area contributed by atoms with Crippen molar-refractivity contribution in [1.29, 1.82) is 5.26 Å². The number of rotatable bonds is 4. The van der Waals surface area contributed by atoms with Gasteiger partial charge in [-0.1, -0.05) is 0 Å². The van der Waals surface area contributed by atoms with Gasteiger partial charge >= 0.3 is 6.09 Å². The van der Waals surface area contributed by atoms with Crippen LogP contribution in [0.5, 0.6) is 5.88 Å². The minimum Gasteiger partial charge on any atom is -0.474 e. The van der Waals surface area contributed by atoms with E-state index in [0.717, 1.165) is 6.07 Å². The van der Waals surface area contributed by atoms with Crippen molar-refractivity contribution in [3.05, 3.63) is 41.5 Å². The maximum Gasteiger partial charge on any atom is 0.407 e. The maximum absolute atomic E-state index is 14.1. The standard InChI is InChI=1S/C18H18FN5O3/c1-11-16(23-15-3-2-12(9-20)8-14(15)19)21-10-22-17(11)27-13-4-6-24(7-5-13)18(25)26/h2-3,8,10,13H,4-7H2,1H3,(H,25,26)(H,21,22,23). The molecular formula is C18H18FN5O3. The minimum absolute atomic E-state index is 0.145. The van der Waals surface area contributed by atoms with Crippen LogP contribution in [0.25, 0.3) is 0 Å². The van der Waals surface area contributed by atoms with E-state index < -0.39 is 11.9 Å². The fraction of sp³-hybridized carbons (Fsp3) is 0.333. The fourth-order valence-corrected chi connectivity index (χ4v) is 2.82. The van der Waals surface area contributed by atoms with Crippen LogP contribution in [0.2, 0.25) is 0 Å². The highest BCUT2D eigenvalue weighted by molar-refractivity contribution is 5.65. The first-order valence-corrected chi connectivity index (χ1v) is 8.40. The molecule has 2 N–H and O–H groups in total. The van der Waals surface area contributed by atoms with E-state index >= 15 is 0 Å². The first kappa shape index (κ1) is 18.4. The molecular weight excluding hydrogens is 353 g/mol. The molecule has 9 heteroatoms. The summed E-state index contributed by atoms with van der Waals surface area (Å²) in [6, 6.07) is 6.01. The third-order valence-electron chi connectivity index (χ3n) is 4.38. The minimum atomic E-state index is -0.928. The van der Waals surface area contributed by atoms with Crippen LogP contribution in [-0.2, 0) is 0 Å². The zero-order valence-electron chi connectivity index (χ0n) is 14.6. The van der Waals surface area contributed by atoms with Crippen molar-refractivity contribution in [3.8, 4) is 11.9 Å². The highest BCUT2D eigenvalue weighted by atomic mass is 19.1. The van der Waals surface area contributed by atoms with Crippen molar-refractivity contribution in [1.82, 2.24) is 14.9 Å². The van der Waals surface area contributed by atoms with Crippen LogP contribution in [0.15, 0.2) is 24.5 Å². The molecule has 8 nitrogen and oxygen atoms in total. The number of nitriles is 1.